The van der Waals surface area contributed by atoms with Gasteiger partial charge in [-0.15, -0.1) is 0 Å². The van der Waals surface area contributed by atoms with Crippen molar-refractivity contribution in [2.75, 3.05) is 20.1 Å². The average Bonchev–Trinajstić information content (AvgIpc) is 2.46. The summed E-state index contributed by atoms with van der Waals surface area (Å²) in [6, 6.07) is 8.29. The summed E-state index contributed by atoms with van der Waals surface area (Å²) in [7, 11) is 2.17. The van der Waals surface area contributed by atoms with Crippen molar-refractivity contribution in [1.29, 1.82) is 0 Å². The van der Waals surface area contributed by atoms with E-state index in [1.165, 1.54) is 0 Å². The molecule has 0 saturated carbocycles. The van der Waals surface area contributed by atoms with E-state index in [9.17, 15) is 0 Å². The lowest BCUT2D eigenvalue weighted by Gasteiger charge is -2.35. The van der Waals surface area contributed by atoms with Gasteiger partial charge < -0.3 is 21.2 Å². The second-order valence-corrected chi connectivity index (χ2v) is 5.66. The van der Waals surface area contributed by atoms with Crippen molar-refractivity contribution in [1.82, 2.24) is 10.2 Å². The summed E-state index contributed by atoms with van der Waals surface area (Å²) in [6.07, 6.45) is 1.16. The van der Waals surface area contributed by atoms with Crippen LogP contribution in [0.25, 0.3) is 0 Å². The molecule has 0 amide bonds. The molecule has 1 aliphatic rings. The maximum atomic E-state index is 8.84. The minimum absolute atomic E-state index is 0.166. The van der Waals surface area contributed by atoms with Crippen LogP contribution >= 0.6 is 0 Å². The standard InChI is InChI=1S/C15H24N4O/c1-11-10-19(2)8-7-14(11)17-9-12-5-3-4-6-13(12)15(16)18-20/h3-6,11,14,17,20H,7-10H2,1-2H3,(H2,16,18). The Morgan fingerprint density at radius 3 is 2.95 bits per heavy atom. The zero-order valence-corrected chi connectivity index (χ0v) is 12.2. The van der Waals surface area contributed by atoms with E-state index in [0.717, 1.165) is 37.2 Å². The third kappa shape index (κ3) is 3.49. The smallest absolute Gasteiger partial charge is 0.170 e. The number of nitrogens with zero attached hydrogens (tertiary/aromatic N) is 2. The number of piperidine rings is 1. The minimum Gasteiger partial charge on any atom is -0.409 e. The lowest BCUT2D eigenvalue weighted by atomic mass is 9.94. The molecule has 0 aromatic heterocycles. The zero-order chi connectivity index (χ0) is 14.5. The first-order valence-corrected chi connectivity index (χ1v) is 7.09. The second-order valence-electron chi connectivity index (χ2n) is 5.66. The predicted molar refractivity (Wildman–Crippen MR) is 80.9 cm³/mol. The second kappa shape index (κ2) is 6.72. The highest BCUT2D eigenvalue weighted by atomic mass is 16.4. The number of rotatable bonds is 4. The summed E-state index contributed by atoms with van der Waals surface area (Å²) in [6.45, 7) is 5.28. The molecule has 4 N–H and O–H groups in total. The maximum Gasteiger partial charge on any atom is 0.170 e. The highest BCUT2D eigenvalue weighted by Gasteiger charge is 2.23. The Labute approximate surface area is 120 Å². The van der Waals surface area contributed by atoms with E-state index >= 15 is 0 Å². The molecule has 1 heterocycles. The van der Waals surface area contributed by atoms with Crippen molar-refractivity contribution in [3.05, 3.63) is 35.4 Å². The molecule has 1 aromatic rings. The van der Waals surface area contributed by atoms with Gasteiger partial charge in [-0.3, -0.25) is 0 Å². The summed E-state index contributed by atoms with van der Waals surface area (Å²) >= 11 is 0. The molecule has 2 rings (SSSR count). The van der Waals surface area contributed by atoms with Crippen LogP contribution in [0.2, 0.25) is 0 Å². The van der Waals surface area contributed by atoms with Crippen molar-refractivity contribution < 1.29 is 5.21 Å². The van der Waals surface area contributed by atoms with Gasteiger partial charge >= 0.3 is 0 Å². The van der Waals surface area contributed by atoms with Gasteiger partial charge in [0.2, 0.25) is 0 Å². The first kappa shape index (κ1) is 14.8. The third-order valence-electron chi connectivity index (χ3n) is 4.06. The number of likely N-dealkylation sites (tertiary alicyclic amines) is 1. The van der Waals surface area contributed by atoms with E-state index in [0.29, 0.717) is 12.0 Å². The van der Waals surface area contributed by atoms with Crippen LogP contribution < -0.4 is 11.1 Å². The van der Waals surface area contributed by atoms with E-state index in [2.05, 4.69) is 29.3 Å². The number of nitrogens with two attached hydrogens (primary N) is 1. The Balaban J connectivity index is 2.01. The van der Waals surface area contributed by atoms with Crippen molar-refractivity contribution in [3.8, 4) is 0 Å². The van der Waals surface area contributed by atoms with Gasteiger partial charge in [-0.25, -0.2) is 0 Å². The fourth-order valence-electron chi connectivity index (χ4n) is 2.88. The molecular formula is C15H24N4O. The van der Waals surface area contributed by atoms with E-state index in [1.807, 2.05) is 24.3 Å². The van der Waals surface area contributed by atoms with Crippen molar-refractivity contribution in [2.24, 2.45) is 16.8 Å². The monoisotopic (exact) mass is 276 g/mol. The maximum absolute atomic E-state index is 8.84. The van der Waals surface area contributed by atoms with Crippen LogP contribution in [0.3, 0.4) is 0 Å². The predicted octanol–water partition coefficient (Wildman–Crippen LogP) is 1.21. The Kier molecular flexibility index (Phi) is 4.98. The SMILES string of the molecule is CC1CN(C)CCC1NCc1ccccc1/C(N)=N/O. The number of nitrogens with one attached hydrogen (secondary N) is 1. The van der Waals surface area contributed by atoms with Crippen LogP contribution in [-0.2, 0) is 6.54 Å². The van der Waals surface area contributed by atoms with Gasteiger partial charge in [-0.2, -0.15) is 0 Å². The van der Waals surface area contributed by atoms with Gasteiger partial charge in [0.25, 0.3) is 0 Å². The fourth-order valence-corrected chi connectivity index (χ4v) is 2.88. The molecule has 0 bridgehead atoms. The van der Waals surface area contributed by atoms with Crippen LogP contribution in [0.15, 0.2) is 29.4 Å². The van der Waals surface area contributed by atoms with Crippen LogP contribution in [0.5, 0.6) is 0 Å². The Morgan fingerprint density at radius 2 is 2.25 bits per heavy atom. The van der Waals surface area contributed by atoms with Gasteiger partial charge in [-0.05, 0) is 31.5 Å². The number of amidine groups is 1. The first-order valence-electron chi connectivity index (χ1n) is 7.09. The summed E-state index contributed by atoms with van der Waals surface area (Å²) in [5.41, 5.74) is 7.57. The highest BCUT2D eigenvalue weighted by molar-refractivity contribution is 5.98. The van der Waals surface area contributed by atoms with Crippen LogP contribution in [0.1, 0.15) is 24.5 Å². The molecule has 1 aromatic carbocycles. The summed E-state index contributed by atoms with van der Waals surface area (Å²) in [4.78, 5) is 2.37. The van der Waals surface area contributed by atoms with E-state index < -0.39 is 0 Å². The third-order valence-corrected chi connectivity index (χ3v) is 4.06. The fraction of sp³-hybridized carbons (Fsp3) is 0.533. The zero-order valence-electron chi connectivity index (χ0n) is 12.2. The highest BCUT2D eigenvalue weighted by Crippen LogP contribution is 2.17. The van der Waals surface area contributed by atoms with Crippen molar-refractivity contribution in [3.63, 3.8) is 0 Å². The summed E-state index contributed by atoms with van der Waals surface area (Å²) in [5.74, 6) is 0.795. The Hall–Kier alpha value is -1.59. The van der Waals surface area contributed by atoms with Gasteiger partial charge in [-0.1, -0.05) is 36.3 Å². The summed E-state index contributed by atoms with van der Waals surface area (Å²) in [5, 5.41) is 15.5. The van der Waals surface area contributed by atoms with Crippen LogP contribution in [-0.4, -0.2) is 42.1 Å². The molecule has 20 heavy (non-hydrogen) atoms. The average molecular weight is 276 g/mol. The normalized spacial score (nSPS) is 24.8. The van der Waals surface area contributed by atoms with Gasteiger partial charge in [0.1, 0.15) is 0 Å². The minimum atomic E-state index is 0.166. The Bertz CT molecular complexity index is 475. The molecule has 5 heteroatoms. The largest absolute Gasteiger partial charge is 0.409 e. The van der Waals surface area contributed by atoms with Gasteiger partial charge in [0.15, 0.2) is 5.84 Å². The van der Waals surface area contributed by atoms with Gasteiger partial charge in [0.05, 0.1) is 0 Å². The van der Waals surface area contributed by atoms with E-state index in [1.54, 1.807) is 0 Å². The molecule has 1 fully saturated rings. The van der Waals surface area contributed by atoms with E-state index in [-0.39, 0.29) is 5.84 Å². The molecule has 0 aliphatic carbocycles. The molecule has 110 valence electrons. The van der Waals surface area contributed by atoms with Gasteiger partial charge in [0, 0.05) is 24.7 Å². The molecule has 5 nitrogen and oxygen atoms in total. The number of oxime groups is 1. The molecule has 2 unspecified atom stereocenters. The number of hydrogen-bond acceptors (Lipinski definition) is 4. The summed E-state index contributed by atoms with van der Waals surface area (Å²) < 4.78 is 0. The first-order chi connectivity index (χ1) is 9.61. The molecule has 2 atom stereocenters. The van der Waals surface area contributed by atoms with E-state index in [4.69, 9.17) is 10.9 Å². The lowest BCUT2D eigenvalue weighted by Crippen LogP contribution is -2.46. The molecular weight excluding hydrogens is 252 g/mol. The van der Waals surface area contributed by atoms with Crippen molar-refractivity contribution >= 4 is 5.84 Å². The molecule has 0 spiro atoms. The Morgan fingerprint density at radius 1 is 1.50 bits per heavy atom. The number of benzene rings is 1. The molecule has 1 aliphatic heterocycles. The topological polar surface area (TPSA) is 73.9 Å². The molecule has 1 saturated heterocycles. The van der Waals surface area contributed by atoms with Crippen molar-refractivity contribution in [2.45, 2.75) is 25.9 Å². The quantitative estimate of drug-likeness (QED) is 0.334. The van der Waals surface area contributed by atoms with Crippen LogP contribution in [0.4, 0.5) is 0 Å². The number of hydrogen-bond donors (Lipinski definition) is 3. The lowest BCUT2D eigenvalue weighted by molar-refractivity contribution is 0.174. The van der Waals surface area contributed by atoms with Crippen LogP contribution in [0, 0.1) is 5.92 Å². The molecule has 0 radical (unpaired) electrons.